The van der Waals surface area contributed by atoms with Crippen molar-refractivity contribution < 1.29 is 9.53 Å². The Hall–Kier alpha value is -2.37. The average Bonchev–Trinajstić information content (AvgIpc) is 2.92. The summed E-state index contributed by atoms with van der Waals surface area (Å²) in [7, 11) is 0. The van der Waals surface area contributed by atoms with Gasteiger partial charge >= 0.3 is 5.97 Å². The van der Waals surface area contributed by atoms with E-state index in [1.807, 2.05) is 42.5 Å². The second kappa shape index (κ2) is 6.17. The minimum atomic E-state index is -0.499. The molecule has 0 fully saturated rings. The highest BCUT2D eigenvalue weighted by Gasteiger charge is 2.21. The fraction of sp³-hybridized carbons (Fsp3) is 0.0526. The number of aryl methyl sites for hydroxylation is 1. The molecule has 0 saturated heterocycles. The molecule has 0 aliphatic carbocycles. The number of carbonyl (C=O) groups excluding carboxylic acids is 1. The van der Waals surface area contributed by atoms with Crippen molar-refractivity contribution in [2.24, 2.45) is 0 Å². The van der Waals surface area contributed by atoms with Gasteiger partial charge in [-0.15, -0.1) is 0 Å². The van der Waals surface area contributed by atoms with Gasteiger partial charge in [-0.05, 0) is 46.4 Å². The zero-order valence-corrected chi connectivity index (χ0v) is 15.5. The molecule has 0 bridgehead atoms. The Morgan fingerprint density at radius 2 is 1.96 bits per heavy atom. The van der Waals surface area contributed by atoms with Gasteiger partial charge in [-0.2, -0.15) is 0 Å². The molecule has 2 aromatic heterocycles. The third-order valence-corrected chi connectivity index (χ3v) is 4.74. The molecular weight excluding hydrogens is 404 g/mol. The van der Waals surface area contributed by atoms with Crippen molar-refractivity contribution >= 4 is 49.9 Å². The van der Waals surface area contributed by atoms with E-state index in [4.69, 9.17) is 16.3 Å². The Balaban J connectivity index is 1.83. The Morgan fingerprint density at radius 1 is 1.16 bits per heavy atom. The van der Waals surface area contributed by atoms with Crippen LogP contribution >= 0.6 is 27.5 Å². The third-order valence-electron chi connectivity index (χ3n) is 3.98. The van der Waals surface area contributed by atoms with Crippen molar-refractivity contribution in [1.82, 2.24) is 9.38 Å². The molecule has 2 aromatic carbocycles. The number of hydrogen-bond acceptors (Lipinski definition) is 3. The van der Waals surface area contributed by atoms with E-state index in [0.29, 0.717) is 27.8 Å². The van der Waals surface area contributed by atoms with Crippen LogP contribution in [0.2, 0.25) is 5.02 Å². The highest BCUT2D eigenvalue weighted by molar-refractivity contribution is 9.10. The summed E-state index contributed by atoms with van der Waals surface area (Å²) in [4.78, 5) is 17.3. The van der Waals surface area contributed by atoms with Gasteiger partial charge in [0.2, 0.25) is 0 Å². The molecule has 6 heteroatoms. The first-order chi connectivity index (χ1) is 12.0. The summed E-state index contributed by atoms with van der Waals surface area (Å²) in [5, 5.41) is 2.13. The molecule has 2 heterocycles. The van der Waals surface area contributed by atoms with Gasteiger partial charge in [0.1, 0.15) is 5.65 Å². The Morgan fingerprint density at radius 3 is 2.80 bits per heavy atom. The maximum atomic E-state index is 12.9. The SMILES string of the molecule is Cc1nc2ccc(Br)cn2c1C(=O)Oc1c(Cl)ccc2ccccc12. The zero-order valence-electron chi connectivity index (χ0n) is 13.2. The molecular formula is C19H12BrClN2O2. The Kier molecular flexibility index (Phi) is 3.98. The molecule has 0 spiro atoms. The van der Waals surface area contributed by atoms with Crippen LogP contribution in [-0.2, 0) is 0 Å². The minimum Gasteiger partial charge on any atom is -0.420 e. The lowest BCUT2D eigenvalue weighted by Gasteiger charge is -2.10. The van der Waals surface area contributed by atoms with Crippen LogP contribution in [-0.4, -0.2) is 15.4 Å². The zero-order chi connectivity index (χ0) is 17.6. The first kappa shape index (κ1) is 16.1. The van der Waals surface area contributed by atoms with Crippen LogP contribution in [0.3, 0.4) is 0 Å². The number of nitrogens with zero attached hydrogens (tertiary/aromatic N) is 2. The Labute approximate surface area is 157 Å². The smallest absolute Gasteiger partial charge is 0.362 e. The van der Waals surface area contributed by atoms with Crippen LogP contribution in [0.1, 0.15) is 16.2 Å². The summed E-state index contributed by atoms with van der Waals surface area (Å²) in [6.07, 6.45) is 1.79. The van der Waals surface area contributed by atoms with Gasteiger partial charge < -0.3 is 4.74 Å². The number of halogens is 2. The van der Waals surface area contributed by atoms with Gasteiger partial charge in [0, 0.05) is 16.1 Å². The normalized spacial score (nSPS) is 11.2. The van der Waals surface area contributed by atoms with Gasteiger partial charge in [0.25, 0.3) is 0 Å². The van der Waals surface area contributed by atoms with Crippen LogP contribution < -0.4 is 4.74 Å². The van der Waals surface area contributed by atoms with Crippen molar-refractivity contribution in [3.63, 3.8) is 0 Å². The summed E-state index contributed by atoms with van der Waals surface area (Å²) in [6.45, 7) is 1.78. The third kappa shape index (κ3) is 2.79. The number of carbonyl (C=O) groups is 1. The Bertz CT molecular complexity index is 1140. The summed E-state index contributed by atoms with van der Waals surface area (Å²) in [6, 6.07) is 15.0. The molecule has 4 rings (SSSR count). The standard InChI is InChI=1S/C19H12BrClN2O2/c1-11-17(23-10-13(20)7-9-16(23)22-11)19(24)25-18-14-5-3-2-4-12(14)6-8-15(18)21/h2-10H,1H3. The molecule has 0 N–H and O–H groups in total. The lowest BCUT2D eigenvalue weighted by Crippen LogP contribution is -2.13. The molecule has 124 valence electrons. The van der Waals surface area contributed by atoms with Crippen molar-refractivity contribution in [2.45, 2.75) is 6.92 Å². The summed E-state index contributed by atoms with van der Waals surface area (Å²) in [5.41, 5.74) is 1.65. The van der Waals surface area contributed by atoms with Gasteiger partial charge in [-0.25, -0.2) is 9.78 Å². The molecule has 0 aliphatic rings. The van der Waals surface area contributed by atoms with Crippen molar-refractivity contribution in [1.29, 1.82) is 0 Å². The second-order valence-corrected chi connectivity index (χ2v) is 6.93. The van der Waals surface area contributed by atoms with Gasteiger partial charge in [0.15, 0.2) is 11.4 Å². The predicted octanol–water partition coefficient (Wildman–Crippen LogP) is 5.43. The number of imidazole rings is 1. The van der Waals surface area contributed by atoms with E-state index in [1.165, 1.54) is 0 Å². The summed E-state index contributed by atoms with van der Waals surface area (Å²) < 4.78 is 8.24. The highest BCUT2D eigenvalue weighted by Crippen LogP contribution is 2.34. The van der Waals surface area contributed by atoms with E-state index in [2.05, 4.69) is 20.9 Å². The van der Waals surface area contributed by atoms with Crippen molar-refractivity contribution in [3.05, 3.63) is 75.6 Å². The number of fused-ring (bicyclic) bond motifs is 2. The van der Waals surface area contributed by atoms with Crippen LogP contribution in [0.5, 0.6) is 5.75 Å². The van der Waals surface area contributed by atoms with E-state index in [1.54, 1.807) is 23.6 Å². The van der Waals surface area contributed by atoms with E-state index in [-0.39, 0.29) is 0 Å². The number of rotatable bonds is 2. The van der Waals surface area contributed by atoms with Crippen molar-refractivity contribution in [3.8, 4) is 5.75 Å². The fourth-order valence-electron chi connectivity index (χ4n) is 2.84. The first-order valence-corrected chi connectivity index (χ1v) is 8.75. The number of esters is 1. The predicted molar refractivity (Wildman–Crippen MR) is 102 cm³/mol. The van der Waals surface area contributed by atoms with Gasteiger partial charge in [-0.3, -0.25) is 4.40 Å². The monoisotopic (exact) mass is 414 g/mol. The molecule has 0 saturated carbocycles. The highest BCUT2D eigenvalue weighted by atomic mass is 79.9. The molecule has 25 heavy (non-hydrogen) atoms. The molecule has 0 radical (unpaired) electrons. The molecule has 0 unspecified atom stereocenters. The molecule has 4 nitrogen and oxygen atoms in total. The lowest BCUT2D eigenvalue weighted by atomic mass is 10.1. The molecule has 0 atom stereocenters. The van der Waals surface area contributed by atoms with Gasteiger partial charge in [0.05, 0.1) is 10.7 Å². The molecule has 0 amide bonds. The first-order valence-electron chi connectivity index (χ1n) is 7.58. The maximum Gasteiger partial charge on any atom is 0.362 e. The number of pyridine rings is 1. The van der Waals surface area contributed by atoms with Crippen LogP contribution in [0.4, 0.5) is 0 Å². The van der Waals surface area contributed by atoms with E-state index >= 15 is 0 Å². The van der Waals surface area contributed by atoms with Crippen LogP contribution in [0.25, 0.3) is 16.4 Å². The lowest BCUT2D eigenvalue weighted by molar-refractivity contribution is 0.0729. The second-order valence-electron chi connectivity index (χ2n) is 5.61. The van der Waals surface area contributed by atoms with Crippen LogP contribution in [0.15, 0.2) is 59.2 Å². The van der Waals surface area contributed by atoms with Crippen molar-refractivity contribution in [2.75, 3.05) is 0 Å². The number of ether oxygens (including phenoxy) is 1. The van der Waals surface area contributed by atoms with E-state index in [9.17, 15) is 4.79 Å². The topological polar surface area (TPSA) is 43.6 Å². The summed E-state index contributed by atoms with van der Waals surface area (Å²) in [5.74, 6) is -0.143. The largest absolute Gasteiger partial charge is 0.420 e. The number of hydrogen-bond donors (Lipinski definition) is 0. The summed E-state index contributed by atoms with van der Waals surface area (Å²) >= 11 is 9.70. The molecule has 4 aromatic rings. The number of aromatic nitrogens is 2. The fourth-order valence-corrected chi connectivity index (χ4v) is 3.38. The van der Waals surface area contributed by atoms with E-state index < -0.39 is 5.97 Å². The molecule has 0 aliphatic heterocycles. The quantitative estimate of drug-likeness (QED) is 0.324. The van der Waals surface area contributed by atoms with E-state index in [0.717, 1.165) is 15.2 Å². The number of benzene rings is 2. The maximum absolute atomic E-state index is 12.9. The van der Waals surface area contributed by atoms with Crippen LogP contribution in [0, 0.1) is 6.92 Å². The average molecular weight is 416 g/mol. The van der Waals surface area contributed by atoms with Gasteiger partial charge in [-0.1, -0.05) is 41.9 Å². The minimum absolute atomic E-state index is 0.356.